The Morgan fingerprint density at radius 2 is 1.94 bits per heavy atom. The third-order valence-corrected chi connectivity index (χ3v) is 3.23. The number of likely N-dealkylation sites (tertiary alicyclic amines) is 1. The maximum Gasteiger partial charge on any atom is 0.397 e. The highest BCUT2D eigenvalue weighted by atomic mass is 19.4. The molecule has 0 saturated carbocycles. The summed E-state index contributed by atoms with van der Waals surface area (Å²) in [5, 5.41) is 3.33. The molecule has 2 heterocycles. The van der Waals surface area contributed by atoms with Crippen molar-refractivity contribution in [2.75, 3.05) is 13.1 Å². The minimum Gasteiger partial charge on any atom is -0.341 e. The predicted molar refractivity (Wildman–Crippen MR) is 51.8 cm³/mol. The molecular weight excluding hydrogens is 221 g/mol. The fraction of sp³-hybridized carbons (Fsp3) is 0.900. The summed E-state index contributed by atoms with van der Waals surface area (Å²) in [5.41, 5.74) is 0. The SMILES string of the molecule is O=C(CC(F)(F)F)N1CC[C@H]2CC[C@@H](C1)N2. The lowest BCUT2D eigenvalue weighted by atomic mass is 10.1. The Hall–Kier alpha value is -0.780. The van der Waals surface area contributed by atoms with Crippen LogP contribution in [0.25, 0.3) is 0 Å². The van der Waals surface area contributed by atoms with E-state index < -0.39 is 18.5 Å². The summed E-state index contributed by atoms with van der Waals surface area (Å²) < 4.78 is 36.3. The van der Waals surface area contributed by atoms with Crippen LogP contribution in [0.3, 0.4) is 0 Å². The van der Waals surface area contributed by atoms with Crippen LogP contribution in [-0.2, 0) is 4.79 Å². The number of alkyl halides is 3. The Kier molecular flexibility index (Phi) is 3.10. The molecule has 2 aliphatic heterocycles. The molecule has 0 spiro atoms. The van der Waals surface area contributed by atoms with Crippen molar-refractivity contribution >= 4 is 5.91 Å². The summed E-state index contributed by atoms with van der Waals surface area (Å²) in [6.07, 6.45) is -2.92. The molecule has 0 aliphatic carbocycles. The molecule has 0 aromatic heterocycles. The van der Waals surface area contributed by atoms with Crippen LogP contribution in [0.2, 0.25) is 0 Å². The van der Waals surface area contributed by atoms with Gasteiger partial charge in [0.05, 0.1) is 0 Å². The van der Waals surface area contributed by atoms with Gasteiger partial charge in [-0.05, 0) is 19.3 Å². The van der Waals surface area contributed by atoms with Gasteiger partial charge in [0.25, 0.3) is 0 Å². The Morgan fingerprint density at radius 1 is 1.25 bits per heavy atom. The number of nitrogens with one attached hydrogen (secondary N) is 1. The van der Waals surface area contributed by atoms with Crippen molar-refractivity contribution in [3.05, 3.63) is 0 Å². The molecule has 0 aromatic rings. The molecule has 2 rings (SSSR count). The number of hydrogen-bond acceptors (Lipinski definition) is 2. The Labute approximate surface area is 92.0 Å². The molecule has 2 bridgehead atoms. The second-order valence-electron chi connectivity index (χ2n) is 4.56. The van der Waals surface area contributed by atoms with Gasteiger partial charge in [-0.3, -0.25) is 4.79 Å². The Bertz CT molecular complexity index is 280. The molecule has 0 aromatic carbocycles. The number of nitrogens with zero attached hydrogens (tertiary/aromatic N) is 1. The van der Waals surface area contributed by atoms with Crippen LogP contribution in [0.5, 0.6) is 0 Å². The highest BCUT2D eigenvalue weighted by Crippen LogP contribution is 2.24. The molecule has 2 saturated heterocycles. The van der Waals surface area contributed by atoms with E-state index in [2.05, 4.69) is 5.32 Å². The van der Waals surface area contributed by atoms with Crippen molar-refractivity contribution < 1.29 is 18.0 Å². The summed E-state index contributed by atoms with van der Waals surface area (Å²) >= 11 is 0. The molecule has 3 nitrogen and oxygen atoms in total. The minimum atomic E-state index is -4.39. The monoisotopic (exact) mass is 236 g/mol. The van der Waals surface area contributed by atoms with Crippen LogP contribution in [0, 0.1) is 0 Å². The van der Waals surface area contributed by atoms with Crippen LogP contribution in [0.15, 0.2) is 0 Å². The average Bonchev–Trinajstić information content (AvgIpc) is 2.42. The molecule has 2 fully saturated rings. The van der Waals surface area contributed by atoms with Gasteiger partial charge < -0.3 is 10.2 Å². The minimum absolute atomic E-state index is 0.185. The first-order valence-electron chi connectivity index (χ1n) is 5.54. The summed E-state index contributed by atoms with van der Waals surface area (Å²) in [7, 11) is 0. The van der Waals surface area contributed by atoms with Crippen molar-refractivity contribution in [2.24, 2.45) is 0 Å². The fourth-order valence-electron chi connectivity index (χ4n) is 2.45. The highest BCUT2D eigenvalue weighted by Gasteiger charge is 2.36. The van der Waals surface area contributed by atoms with Crippen molar-refractivity contribution in [3.8, 4) is 0 Å². The lowest BCUT2D eigenvalue weighted by molar-refractivity contribution is -0.161. The number of carbonyl (C=O) groups is 1. The third-order valence-electron chi connectivity index (χ3n) is 3.23. The number of halogens is 3. The molecule has 2 atom stereocenters. The van der Waals surface area contributed by atoms with Gasteiger partial charge in [0.2, 0.25) is 5.91 Å². The largest absolute Gasteiger partial charge is 0.397 e. The quantitative estimate of drug-likeness (QED) is 0.744. The van der Waals surface area contributed by atoms with E-state index >= 15 is 0 Å². The van der Waals surface area contributed by atoms with E-state index in [0.717, 1.165) is 19.3 Å². The van der Waals surface area contributed by atoms with Crippen LogP contribution >= 0.6 is 0 Å². The topological polar surface area (TPSA) is 32.3 Å². The van der Waals surface area contributed by atoms with Gasteiger partial charge in [-0.1, -0.05) is 0 Å². The Balaban J connectivity index is 1.92. The normalized spacial score (nSPS) is 30.3. The number of amides is 1. The standard InChI is InChI=1S/C10H15F3N2O/c11-10(12,13)5-9(16)15-4-3-7-1-2-8(6-15)14-7/h7-8,14H,1-6H2/t7-,8+/m1/s1. The molecule has 1 N–H and O–H groups in total. The molecular formula is C10H15F3N2O. The maximum absolute atomic E-state index is 12.1. The first kappa shape index (κ1) is 11.7. The van der Waals surface area contributed by atoms with Crippen LogP contribution in [-0.4, -0.2) is 42.2 Å². The van der Waals surface area contributed by atoms with Gasteiger partial charge in [0.15, 0.2) is 0 Å². The number of rotatable bonds is 1. The first-order valence-corrected chi connectivity index (χ1v) is 5.54. The number of fused-ring (bicyclic) bond motifs is 2. The van der Waals surface area contributed by atoms with Crippen LogP contribution < -0.4 is 5.32 Å². The average molecular weight is 236 g/mol. The van der Waals surface area contributed by atoms with Crippen LogP contribution in [0.4, 0.5) is 13.2 Å². The van der Waals surface area contributed by atoms with E-state index in [4.69, 9.17) is 0 Å². The maximum atomic E-state index is 12.1. The molecule has 0 radical (unpaired) electrons. The molecule has 92 valence electrons. The summed E-state index contributed by atoms with van der Waals surface area (Å²) in [6.45, 7) is 0.870. The summed E-state index contributed by atoms with van der Waals surface area (Å²) in [6, 6.07) is 0.568. The smallest absolute Gasteiger partial charge is 0.341 e. The van der Waals surface area contributed by atoms with Crippen molar-refractivity contribution in [3.63, 3.8) is 0 Å². The molecule has 0 unspecified atom stereocenters. The predicted octanol–water partition coefficient (Wildman–Crippen LogP) is 1.29. The van der Waals surface area contributed by atoms with Gasteiger partial charge in [0, 0.05) is 25.2 Å². The lowest BCUT2D eigenvalue weighted by Gasteiger charge is -2.24. The van der Waals surface area contributed by atoms with E-state index in [0.29, 0.717) is 19.1 Å². The molecule has 16 heavy (non-hydrogen) atoms. The van der Waals surface area contributed by atoms with Gasteiger partial charge in [-0.25, -0.2) is 0 Å². The van der Waals surface area contributed by atoms with Gasteiger partial charge >= 0.3 is 6.18 Å². The second-order valence-corrected chi connectivity index (χ2v) is 4.56. The third kappa shape index (κ3) is 2.87. The lowest BCUT2D eigenvalue weighted by Crippen LogP contribution is -2.40. The van der Waals surface area contributed by atoms with E-state index in [1.54, 1.807) is 0 Å². The van der Waals surface area contributed by atoms with Gasteiger partial charge in [0.1, 0.15) is 6.42 Å². The van der Waals surface area contributed by atoms with Gasteiger partial charge in [-0.2, -0.15) is 13.2 Å². The zero-order valence-corrected chi connectivity index (χ0v) is 8.89. The molecule has 2 aliphatic rings. The van der Waals surface area contributed by atoms with Crippen molar-refractivity contribution in [2.45, 2.75) is 43.9 Å². The van der Waals surface area contributed by atoms with Crippen molar-refractivity contribution in [1.29, 1.82) is 0 Å². The van der Waals surface area contributed by atoms with E-state index in [1.807, 2.05) is 0 Å². The van der Waals surface area contributed by atoms with Crippen molar-refractivity contribution in [1.82, 2.24) is 10.2 Å². The van der Waals surface area contributed by atoms with Gasteiger partial charge in [-0.15, -0.1) is 0 Å². The highest BCUT2D eigenvalue weighted by molar-refractivity contribution is 5.77. The zero-order valence-electron chi connectivity index (χ0n) is 8.89. The fourth-order valence-corrected chi connectivity index (χ4v) is 2.45. The van der Waals surface area contributed by atoms with E-state index in [9.17, 15) is 18.0 Å². The number of hydrogen-bond donors (Lipinski definition) is 1. The molecule has 1 amide bonds. The summed E-state index contributed by atoms with van der Waals surface area (Å²) in [4.78, 5) is 12.8. The first-order chi connectivity index (χ1) is 7.44. The Morgan fingerprint density at radius 3 is 2.62 bits per heavy atom. The second kappa shape index (κ2) is 4.24. The van der Waals surface area contributed by atoms with E-state index in [1.165, 1.54) is 4.90 Å². The summed E-state index contributed by atoms with van der Waals surface area (Å²) in [5.74, 6) is -0.790. The van der Waals surface area contributed by atoms with E-state index in [-0.39, 0.29) is 6.04 Å². The van der Waals surface area contributed by atoms with Crippen LogP contribution in [0.1, 0.15) is 25.7 Å². The molecule has 6 heteroatoms. The number of carbonyl (C=O) groups excluding carboxylic acids is 1. The zero-order chi connectivity index (χ0) is 11.8.